The zero-order valence-corrected chi connectivity index (χ0v) is 24.3. The van der Waals surface area contributed by atoms with Crippen molar-refractivity contribution in [3.8, 4) is 28.8 Å². The number of alkyl halides is 2. The Morgan fingerprint density at radius 3 is 2.70 bits per heavy atom. The van der Waals surface area contributed by atoms with Gasteiger partial charge in [-0.15, -0.1) is 5.10 Å². The van der Waals surface area contributed by atoms with E-state index >= 15 is 0 Å². The van der Waals surface area contributed by atoms with Crippen LogP contribution in [-0.2, 0) is 6.42 Å². The highest BCUT2D eigenvalue weighted by Crippen LogP contribution is 2.39. The molecule has 5 heterocycles. The van der Waals surface area contributed by atoms with Gasteiger partial charge in [0.05, 0.1) is 17.2 Å². The predicted octanol–water partition coefficient (Wildman–Crippen LogP) is 5.54. The molecule has 5 aromatic heterocycles. The molecule has 0 unspecified atom stereocenters. The monoisotopic (exact) mass is 619 g/mol. The van der Waals surface area contributed by atoms with Crippen LogP contribution in [0.1, 0.15) is 58.4 Å². The summed E-state index contributed by atoms with van der Waals surface area (Å²) in [4.78, 5) is 31.5. The number of aryl methyl sites for hydroxylation is 1. The van der Waals surface area contributed by atoms with Gasteiger partial charge in [0.1, 0.15) is 11.3 Å². The lowest BCUT2D eigenvalue weighted by atomic mass is 10.1. The van der Waals surface area contributed by atoms with Gasteiger partial charge in [0.2, 0.25) is 5.88 Å². The van der Waals surface area contributed by atoms with Crippen molar-refractivity contribution in [1.82, 2.24) is 39.6 Å². The number of imidazole rings is 1. The van der Waals surface area contributed by atoms with Gasteiger partial charge in [0.25, 0.3) is 5.91 Å². The van der Waals surface area contributed by atoms with Gasteiger partial charge in [-0.1, -0.05) is 6.07 Å². The first-order valence-corrected chi connectivity index (χ1v) is 14.9. The molecule has 2 aliphatic rings. The molecule has 0 radical (unpaired) electrons. The van der Waals surface area contributed by atoms with E-state index < -0.39 is 6.61 Å². The Bertz CT molecular complexity index is 2100. The molecule has 0 saturated heterocycles. The Morgan fingerprint density at radius 1 is 1.02 bits per heavy atom. The summed E-state index contributed by atoms with van der Waals surface area (Å²) in [6.07, 6.45) is 8.61. The third-order valence-corrected chi connectivity index (χ3v) is 8.39. The minimum absolute atomic E-state index is 0.137. The maximum atomic E-state index is 13.1. The topological polar surface area (TPSA) is 139 Å². The molecule has 46 heavy (non-hydrogen) atoms. The highest BCUT2D eigenvalue weighted by Gasteiger charge is 2.28. The first kappa shape index (κ1) is 27.8. The summed E-state index contributed by atoms with van der Waals surface area (Å²) < 4.78 is 33.2. The van der Waals surface area contributed by atoms with E-state index in [1.54, 1.807) is 30.6 Å². The highest BCUT2D eigenvalue weighted by atomic mass is 19.3. The van der Waals surface area contributed by atoms with Crippen LogP contribution < -0.4 is 15.8 Å². The highest BCUT2D eigenvalue weighted by molar-refractivity contribution is 5.94. The average molecular weight is 620 g/mol. The van der Waals surface area contributed by atoms with Crippen molar-refractivity contribution >= 4 is 22.9 Å². The molecule has 11 nitrogen and oxygen atoms in total. The van der Waals surface area contributed by atoms with Gasteiger partial charge in [0.15, 0.2) is 17.3 Å². The fourth-order valence-electron chi connectivity index (χ4n) is 5.99. The van der Waals surface area contributed by atoms with Crippen molar-refractivity contribution in [2.24, 2.45) is 0 Å². The molecule has 1 saturated carbocycles. The van der Waals surface area contributed by atoms with E-state index in [0.717, 1.165) is 48.2 Å². The molecule has 1 fully saturated rings. The maximum Gasteiger partial charge on any atom is 0.388 e. The molecule has 1 atom stereocenters. The van der Waals surface area contributed by atoms with Crippen LogP contribution in [0.3, 0.4) is 0 Å². The maximum absolute atomic E-state index is 13.1. The van der Waals surface area contributed by atoms with Gasteiger partial charge >= 0.3 is 6.61 Å². The molecule has 1 aromatic carbocycles. The van der Waals surface area contributed by atoms with Gasteiger partial charge < -0.3 is 15.8 Å². The van der Waals surface area contributed by atoms with E-state index in [1.165, 1.54) is 16.9 Å². The summed E-state index contributed by atoms with van der Waals surface area (Å²) in [5.74, 6) is 1.39. The number of nitrogens with one attached hydrogen (secondary N) is 1. The second-order valence-corrected chi connectivity index (χ2v) is 11.4. The van der Waals surface area contributed by atoms with Gasteiger partial charge in [-0.2, -0.15) is 8.78 Å². The number of carbonyl (C=O) groups excluding carboxylic acids is 1. The quantitative estimate of drug-likeness (QED) is 0.226. The summed E-state index contributed by atoms with van der Waals surface area (Å²) >= 11 is 0. The number of aromatic nitrogens is 7. The minimum atomic E-state index is -2.99. The summed E-state index contributed by atoms with van der Waals surface area (Å²) in [6, 6.07) is 18.2. The second kappa shape index (κ2) is 11.0. The van der Waals surface area contributed by atoms with Crippen LogP contribution in [0.25, 0.3) is 34.1 Å². The second-order valence-electron chi connectivity index (χ2n) is 11.4. The number of benzene rings is 1. The molecule has 2 aliphatic carbocycles. The molecule has 0 bridgehead atoms. The Hall–Kier alpha value is -5.72. The number of hydrogen-bond donors (Lipinski definition) is 2. The summed E-state index contributed by atoms with van der Waals surface area (Å²) in [7, 11) is 0. The zero-order chi connectivity index (χ0) is 31.4. The normalized spacial score (nSPS) is 15.8. The third-order valence-electron chi connectivity index (χ3n) is 8.39. The molecule has 13 heteroatoms. The number of halogens is 2. The number of fused-ring (bicyclic) bond motifs is 2. The van der Waals surface area contributed by atoms with Crippen LogP contribution >= 0.6 is 0 Å². The molecular formula is C33H27F2N9O2. The fourth-order valence-corrected chi connectivity index (χ4v) is 5.99. The lowest BCUT2D eigenvalue weighted by Gasteiger charge is -2.16. The van der Waals surface area contributed by atoms with Crippen LogP contribution in [0, 0.1) is 0 Å². The Kier molecular flexibility index (Phi) is 6.66. The molecule has 230 valence electrons. The van der Waals surface area contributed by atoms with Crippen LogP contribution in [0.5, 0.6) is 5.88 Å². The number of anilines is 1. The van der Waals surface area contributed by atoms with Crippen LogP contribution in [0.2, 0.25) is 0 Å². The first-order chi connectivity index (χ1) is 22.4. The van der Waals surface area contributed by atoms with Crippen molar-refractivity contribution in [3.05, 3.63) is 102 Å². The summed E-state index contributed by atoms with van der Waals surface area (Å²) in [6.45, 7) is -2.99. The number of carbonyl (C=O) groups is 1. The SMILES string of the molecule is Nc1ncccc1-c1nc2ccc(-n3ccc(OC(F)F)n3)nc2n1-c1ccc2c(c1)CC[C@@H]2NC(=O)c1ccc(C2CC2)nc1. The van der Waals surface area contributed by atoms with E-state index in [2.05, 4.69) is 31.2 Å². The molecule has 1 amide bonds. The number of pyridine rings is 3. The Labute approximate surface area is 261 Å². The number of hydrogen-bond acceptors (Lipinski definition) is 8. The van der Waals surface area contributed by atoms with Gasteiger partial charge in [0, 0.05) is 42.0 Å². The zero-order valence-electron chi connectivity index (χ0n) is 24.3. The fraction of sp³-hybridized carbons (Fsp3) is 0.212. The third kappa shape index (κ3) is 5.09. The summed E-state index contributed by atoms with van der Waals surface area (Å²) in [5, 5.41) is 7.26. The molecule has 3 N–H and O–H groups in total. The van der Waals surface area contributed by atoms with Crippen molar-refractivity contribution < 1.29 is 18.3 Å². The molecule has 0 spiro atoms. The lowest BCUT2D eigenvalue weighted by Crippen LogP contribution is -2.27. The molecule has 6 aromatic rings. The van der Waals surface area contributed by atoms with Gasteiger partial charge in [-0.25, -0.2) is 19.6 Å². The largest absolute Gasteiger partial charge is 0.415 e. The average Bonchev–Trinajstić information content (AvgIpc) is 3.51. The number of nitrogen functional groups attached to an aromatic ring is 1. The van der Waals surface area contributed by atoms with Crippen molar-refractivity contribution in [1.29, 1.82) is 0 Å². The van der Waals surface area contributed by atoms with Gasteiger partial charge in [-0.05, 0) is 85.3 Å². The van der Waals surface area contributed by atoms with E-state index in [9.17, 15) is 13.6 Å². The Balaban J connectivity index is 1.15. The standard InChI is InChI=1S/C33H27F2N9O2/c34-33(35)46-28-13-15-43(42-28)27-12-11-26-31(41-27)44(30(39-26)23-2-1-14-37-29(23)36)21-7-8-22-19(16-21)5-10-25(22)40-32(45)20-6-9-24(38-17-20)18-3-4-18/h1-2,6-9,11-18,25,33H,3-5,10H2,(H2,36,37)(H,40,45)/t25-/m0/s1. The van der Waals surface area contributed by atoms with Crippen LogP contribution in [0.15, 0.2) is 79.3 Å². The number of amides is 1. The minimum Gasteiger partial charge on any atom is -0.415 e. The van der Waals surface area contributed by atoms with Crippen molar-refractivity contribution in [2.45, 2.75) is 44.3 Å². The summed E-state index contributed by atoms with van der Waals surface area (Å²) in [5.41, 5.74) is 12.5. The Morgan fingerprint density at radius 2 is 1.91 bits per heavy atom. The van der Waals surface area contributed by atoms with E-state index in [1.807, 2.05) is 34.9 Å². The van der Waals surface area contributed by atoms with E-state index in [4.69, 9.17) is 15.7 Å². The van der Waals surface area contributed by atoms with E-state index in [0.29, 0.717) is 45.7 Å². The molecular weight excluding hydrogens is 592 g/mol. The number of rotatable bonds is 8. The molecule has 8 rings (SSSR count). The van der Waals surface area contributed by atoms with Crippen LogP contribution in [-0.4, -0.2) is 46.8 Å². The lowest BCUT2D eigenvalue weighted by molar-refractivity contribution is -0.0530. The van der Waals surface area contributed by atoms with Crippen molar-refractivity contribution in [2.75, 3.05) is 5.73 Å². The first-order valence-electron chi connectivity index (χ1n) is 14.9. The van der Waals surface area contributed by atoms with Crippen molar-refractivity contribution in [3.63, 3.8) is 0 Å². The smallest absolute Gasteiger partial charge is 0.388 e. The number of nitrogens with zero attached hydrogens (tertiary/aromatic N) is 7. The van der Waals surface area contributed by atoms with E-state index in [-0.39, 0.29) is 17.8 Å². The van der Waals surface area contributed by atoms with Gasteiger partial charge in [-0.3, -0.25) is 14.3 Å². The number of nitrogens with two attached hydrogens (primary N) is 1. The van der Waals surface area contributed by atoms with Crippen LogP contribution in [0.4, 0.5) is 14.6 Å². The predicted molar refractivity (Wildman–Crippen MR) is 165 cm³/mol. The molecule has 0 aliphatic heterocycles. The number of ether oxygens (including phenoxy) is 1.